The number of carbonyl (C=O) groups excluding carboxylic acids is 1. The molecule has 0 N–H and O–H groups in total. The van der Waals surface area contributed by atoms with Gasteiger partial charge in [0.25, 0.3) is 0 Å². The monoisotopic (exact) mass is 237 g/mol. The standard InChI is InChI=1S/C11H8FNO4/c1-15-7-2-3-8(12)10(6-7)16-11(14)9-4-5-13-17-9/h2-6H,1H3. The Balaban J connectivity index is 2.21. The van der Waals surface area contributed by atoms with E-state index < -0.39 is 11.8 Å². The molecule has 0 aliphatic carbocycles. The average Bonchev–Trinajstić information content (AvgIpc) is 2.85. The quantitative estimate of drug-likeness (QED) is 0.603. The fourth-order valence-corrected chi connectivity index (χ4v) is 1.16. The van der Waals surface area contributed by atoms with Gasteiger partial charge in [-0.1, -0.05) is 5.16 Å². The Morgan fingerprint density at radius 2 is 2.24 bits per heavy atom. The smallest absolute Gasteiger partial charge is 0.382 e. The van der Waals surface area contributed by atoms with E-state index in [0.717, 1.165) is 6.07 Å². The van der Waals surface area contributed by atoms with Crippen molar-refractivity contribution < 1.29 is 23.2 Å². The van der Waals surface area contributed by atoms with Crippen molar-refractivity contribution in [3.05, 3.63) is 42.0 Å². The van der Waals surface area contributed by atoms with Crippen LogP contribution in [0.4, 0.5) is 4.39 Å². The highest BCUT2D eigenvalue weighted by molar-refractivity contribution is 5.87. The second-order valence-corrected chi connectivity index (χ2v) is 3.06. The van der Waals surface area contributed by atoms with Gasteiger partial charge in [-0.2, -0.15) is 0 Å². The molecule has 0 saturated heterocycles. The number of hydrogen-bond acceptors (Lipinski definition) is 5. The molecule has 0 unspecified atom stereocenters. The lowest BCUT2D eigenvalue weighted by Gasteiger charge is -2.05. The largest absolute Gasteiger partial charge is 0.497 e. The first-order valence-electron chi connectivity index (χ1n) is 4.67. The van der Waals surface area contributed by atoms with Crippen molar-refractivity contribution in [2.24, 2.45) is 0 Å². The van der Waals surface area contributed by atoms with Crippen molar-refractivity contribution in [2.45, 2.75) is 0 Å². The molecule has 0 radical (unpaired) electrons. The van der Waals surface area contributed by atoms with E-state index in [-0.39, 0.29) is 11.5 Å². The maximum Gasteiger partial charge on any atom is 0.382 e. The highest BCUT2D eigenvalue weighted by Crippen LogP contribution is 2.24. The Morgan fingerprint density at radius 3 is 2.88 bits per heavy atom. The maximum absolute atomic E-state index is 13.3. The third-order valence-electron chi connectivity index (χ3n) is 1.98. The first kappa shape index (κ1) is 11.1. The average molecular weight is 237 g/mol. The lowest BCUT2D eigenvalue weighted by Crippen LogP contribution is -2.08. The molecule has 0 spiro atoms. The highest BCUT2D eigenvalue weighted by Gasteiger charge is 2.15. The van der Waals surface area contributed by atoms with Gasteiger partial charge in [-0.25, -0.2) is 9.18 Å². The van der Waals surface area contributed by atoms with Gasteiger partial charge in [0.1, 0.15) is 5.75 Å². The summed E-state index contributed by atoms with van der Waals surface area (Å²) in [4.78, 5) is 11.5. The van der Waals surface area contributed by atoms with Crippen LogP contribution >= 0.6 is 0 Å². The van der Waals surface area contributed by atoms with Gasteiger partial charge in [0.15, 0.2) is 11.6 Å². The molecule has 17 heavy (non-hydrogen) atoms. The van der Waals surface area contributed by atoms with Crippen LogP contribution in [0.5, 0.6) is 11.5 Å². The third-order valence-corrected chi connectivity index (χ3v) is 1.98. The summed E-state index contributed by atoms with van der Waals surface area (Å²) in [5.74, 6) is -1.45. The van der Waals surface area contributed by atoms with Crippen LogP contribution in [0.2, 0.25) is 0 Å². The molecule has 2 rings (SSSR count). The number of ether oxygens (including phenoxy) is 2. The van der Waals surface area contributed by atoms with Gasteiger partial charge in [0, 0.05) is 12.1 Å². The second-order valence-electron chi connectivity index (χ2n) is 3.06. The maximum atomic E-state index is 13.3. The molecule has 1 aromatic carbocycles. The summed E-state index contributed by atoms with van der Waals surface area (Å²) in [5.41, 5.74) is 0. The van der Waals surface area contributed by atoms with Gasteiger partial charge in [-0.05, 0) is 12.1 Å². The Kier molecular flexibility index (Phi) is 3.04. The van der Waals surface area contributed by atoms with Crippen molar-refractivity contribution in [2.75, 3.05) is 7.11 Å². The summed E-state index contributed by atoms with van der Waals surface area (Å²) >= 11 is 0. The van der Waals surface area contributed by atoms with Crippen LogP contribution in [0.1, 0.15) is 10.6 Å². The van der Waals surface area contributed by atoms with Crippen molar-refractivity contribution in [1.29, 1.82) is 0 Å². The van der Waals surface area contributed by atoms with Crippen LogP contribution < -0.4 is 9.47 Å². The van der Waals surface area contributed by atoms with Crippen LogP contribution in [-0.4, -0.2) is 18.2 Å². The SMILES string of the molecule is COc1ccc(F)c(OC(=O)c2ccno2)c1. The number of carbonyl (C=O) groups is 1. The van der Waals surface area contributed by atoms with E-state index in [9.17, 15) is 9.18 Å². The number of methoxy groups -OCH3 is 1. The van der Waals surface area contributed by atoms with E-state index in [1.807, 2.05) is 0 Å². The van der Waals surface area contributed by atoms with Gasteiger partial charge in [-0.3, -0.25) is 0 Å². The van der Waals surface area contributed by atoms with Crippen LogP contribution in [0.3, 0.4) is 0 Å². The number of aromatic nitrogens is 1. The fourth-order valence-electron chi connectivity index (χ4n) is 1.16. The first-order chi connectivity index (χ1) is 8.20. The van der Waals surface area contributed by atoms with Crippen LogP contribution in [0.15, 0.2) is 35.0 Å². The Hall–Kier alpha value is -2.37. The number of nitrogens with zero attached hydrogens (tertiary/aromatic N) is 1. The molecule has 1 heterocycles. The zero-order chi connectivity index (χ0) is 12.3. The highest BCUT2D eigenvalue weighted by atomic mass is 19.1. The van der Waals surface area contributed by atoms with Gasteiger partial charge >= 0.3 is 5.97 Å². The Labute approximate surface area is 95.7 Å². The molecule has 0 saturated carbocycles. The zero-order valence-corrected chi connectivity index (χ0v) is 8.84. The summed E-state index contributed by atoms with van der Waals surface area (Å²) in [6, 6.07) is 5.15. The molecule has 5 nitrogen and oxygen atoms in total. The molecule has 1 aromatic heterocycles. The molecular weight excluding hydrogens is 229 g/mol. The summed E-state index contributed by atoms with van der Waals surface area (Å²) < 4.78 is 27.6. The predicted molar refractivity (Wildman–Crippen MR) is 54.4 cm³/mol. The van der Waals surface area contributed by atoms with Gasteiger partial charge < -0.3 is 14.0 Å². The lowest BCUT2D eigenvalue weighted by molar-refractivity contribution is 0.0684. The molecule has 0 amide bonds. The van der Waals surface area contributed by atoms with E-state index >= 15 is 0 Å². The van der Waals surface area contributed by atoms with Crippen molar-refractivity contribution >= 4 is 5.97 Å². The third kappa shape index (κ3) is 2.41. The molecule has 0 bridgehead atoms. The van der Waals surface area contributed by atoms with Crippen molar-refractivity contribution in [3.8, 4) is 11.5 Å². The van der Waals surface area contributed by atoms with Crippen molar-refractivity contribution in [1.82, 2.24) is 5.16 Å². The van der Waals surface area contributed by atoms with Crippen LogP contribution in [0.25, 0.3) is 0 Å². The summed E-state index contributed by atoms with van der Waals surface area (Å²) in [6.45, 7) is 0. The molecule has 2 aromatic rings. The Bertz CT molecular complexity index is 524. The minimum Gasteiger partial charge on any atom is -0.497 e. The molecule has 0 fully saturated rings. The number of esters is 1. The van der Waals surface area contributed by atoms with Gasteiger partial charge in [0.2, 0.25) is 5.76 Å². The molecule has 88 valence electrons. The minimum atomic E-state index is -0.824. The molecular formula is C11H8FNO4. The van der Waals surface area contributed by atoms with E-state index in [0.29, 0.717) is 5.75 Å². The van der Waals surface area contributed by atoms with Crippen LogP contribution in [-0.2, 0) is 0 Å². The summed E-state index contributed by atoms with van der Waals surface area (Å²) in [7, 11) is 1.43. The minimum absolute atomic E-state index is 0.104. The molecule has 0 atom stereocenters. The molecule has 0 aliphatic rings. The van der Waals surface area contributed by atoms with Gasteiger partial charge in [0.05, 0.1) is 13.3 Å². The lowest BCUT2D eigenvalue weighted by atomic mass is 10.3. The second kappa shape index (κ2) is 4.65. The normalized spacial score (nSPS) is 10.0. The fraction of sp³-hybridized carbons (Fsp3) is 0.0909. The van der Waals surface area contributed by atoms with E-state index in [1.54, 1.807) is 0 Å². The topological polar surface area (TPSA) is 61.6 Å². The van der Waals surface area contributed by atoms with E-state index in [1.165, 1.54) is 31.5 Å². The number of benzene rings is 1. The zero-order valence-electron chi connectivity index (χ0n) is 8.84. The summed E-state index contributed by atoms with van der Waals surface area (Å²) in [5, 5.41) is 3.35. The molecule has 0 aliphatic heterocycles. The number of halogens is 1. The van der Waals surface area contributed by atoms with Crippen molar-refractivity contribution in [3.63, 3.8) is 0 Å². The van der Waals surface area contributed by atoms with E-state index in [2.05, 4.69) is 9.68 Å². The predicted octanol–water partition coefficient (Wildman–Crippen LogP) is 2.04. The van der Waals surface area contributed by atoms with E-state index in [4.69, 9.17) is 9.47 Å². The first-order valence-corrected chi connectivity index (χ1v) is 4.67. The molecule has 6 heteroatoms. The number of rotatable bonds is 3. The van der Waals surface area contributed by atoms with Crippen LogP contribution in [0, 0.1) is 5.82 Å². The Morgan fingerprint density at radius 1 is 1.41 bits per heavy atom. The summed E-state index contributed by atoms with van der Waals surface area (Å²) in [6.07, 6.45) is 1.29. The van der Waals surface area contributed by atoms with Gasteiger partial charge in [-0.15, -0.1) is 0 Å². The number of hydrogen-bond donors (Lipinski definition) is 0.